The topological polar surface area (TPSA) is 66.5 Å². The van der Waals surface area contributed by atoms with Crippen LogP contribution in [0.15, 0.2) is 36.4 Å². The minimum Gasteiger partial charge on any atom is -0.324 e. The molecule has 1 aliphatic heterocycles. The van der Waals surface area contributed by atoms with Crippen LogP contribution >= 0.6 is 0 Å². The lowest BCUT2D eigenvalue weighted by atomic mass is 9.63. The lowest BCUT2D eigenvalue weighted by Crippen LogP contribution is -2.47. The smallest absolute Gasteiger partial charge is 0.247 e. The summed E-state index contributed by atoms with van der Waals surface area (Å²) in [6, 6.07) is 6.76. The van der Waals surface area contributed by atoms with Gasteiger partial charge in [0, 0.05) is 5.69 Å². The number of imide groups is 1. The van der Waals surface area contributed by atoms with Crippen LogP contribution in [0.4, 0.5) is 5.69 Å². The van der Waals surface area contributed by atoms with Gasteiger partial charge in [-0.2, -0.15) is 0 Å². The SMILES string of the molecule is CC[C@@H](C(=O)Nc1ccccc1C)N1C(=O)[C@@H]2[C@H](C1=O)[C@H]1C=C[C@H]2CC1. The lowest BCUT2D eigenvalue weighted by molar-refractivity contribution is -0.146. The number of amides is 3. The molecule has 26 heavy (non-hydrogen) atoms. The van der Waals surface area contributed by atoms with Crippen molar-refractivity contribution >= 4 is 23.4 Å². The molecule has 2 bridgehead atoms. The summed E-state index contributed by atoms with van der Waals surface area (Å²) >= 11 is 0. The van der Waals surface area contributed by atoms with Gasteiger partial charge in [-0.3, -0.25) is 19.3 Å². The van der Waals surface area contributed by atoms with Gasteiger partial charge in [-0.05, 0) is 49.7 Å². The van der Waals surface area contributed by atoms with Crippen molar-refractivity contribution in [2.24, 2.45) is 23.7 Å². The van der Waals surface area contributed by atoms with E-state index >= 15 is 0 Å². The number of hydrogen-bond donors (Lipinski definition) is 1. The molecule has 1 saturated heterocycles. The van der Waals surface area contributed by atoms with Crippen LogP contribution in [0.5, 0.6) is 0 Å². The summed E-state index contributed by atoms with van der Waals surface area (Å²) in [4.78, 5) is 40.3. The molecule has 1 N–H and O–H groups in total. The van der Waals surface area contributed by atoms with Gasteiger partial charge in [-0.1, -0.05) is 37.3 Å². The van der Waals surface area contributed by atoms with Gasteiger partial charge in [0.1, 0.15) is 6.04 Å². The molecule has 5 atom stereocenters. The van der Waals surface area contributed by atoms with Crippen LogP contribution in [0.25, 0.3) is 0 Å². The van der Waals surface area contributed by atoms with E-state index in [4.69, 9.17) is 0 Å². The first-order valence-electron chi connectivity index (χ1n) is 9.44. The summed E-state index contributed by atoms with van der Waals surface area (Å²) in [5.74, 6) is -0.871. The van der Waals surface area contributed by atoms with Crippen molar-refractivity contribution in [3.05, 3.63) is 42.0 Å². The van der Waals surface area contributed by atoms with Crippen LogP contribution in [0, 0.1) is 30.6 Å². The summed E-state index contributed by atoms with van der Waals surface area (Å²) in [6.45, 7) is 3.76. The molecule has 0 unspecified atom stereocenters. The number of nitrogens with one attached hydrogen (secondary N) is 1. The average Bonchev–Trinajstić information content (AvgIpc) is 2.93. The standard InChI is InChI=1S/C21H24N2O3/c1-3-16(19(24)22-15-7-5-4-6-12(15)2)23-20(25)17-13-8-9-14(11-10-13)18(17)21(23)26/h4-9,13-14,16-18H,3,10-11H2,1-2H3,(H,22,24)/t13-,14-,16-,17-,18+/m0/s1. The van der Waals surface area contributed by atoms with Gasteiger partial charge in [-0.15, -0.1) is 0 Å². The van der Waals surface area contributed by atoms with E-state index in [0.29, 0.717) is 12.1 Å². The third-order valence-electron chi connectivity index (χ3n) is 6.20. The number of allylic oxidation sites excluding steroid dienone is 2. The number of rotatable bonds is 4. The molecular formula is C21H24N2O3. The van der Waals surface area contributed by atoms with Crippen molar-refractivity contribution in [1.82, 2.24) is 4.90 Å². The Hall–Kier alpha value is -2.43. The minimum atomic E-state index is -0.750. The second-order valence-electron chi connectivity index (χ2n) is 7.62. The Morgan fingerprint density at radius 1 is 1.12 bits per heavy atom. The fourth-order valence-corrected chi connectivity index (χ4v) is 4.82. The molecule has 0 aromatic heterocycles. The summed E-state index contributed by atoms with van der Waals surface area (Å²) in [6.07, 6.45) is 6.52. The number of aryl methyl sites for hydroxylation is 1. The van der Waals surface area contributed by atoms with Crippen molar-refractivity contribution in [2.45, 2.75) is 39.2 Å². The highest BCUT2D eigenvalue weighted by atomic mass is 16.2. The van der Waals surface area contributed by atoms with Gasteiger partial charge in [0.15, 0.2) is 0 Å². The molecule has 3 aliphatic carbocycles. The molecule has 5 nitrogen and oxygen atoms in total. The maximum Gasteiger partial charge on any atom is 0.247 e. The highest BCUT2D eigenvalue weighted by molar-refractivity contribution is 6.10. The number of benzene rings is 1. The van der Waals surface area contributed by atoms with Gasteiger partial charge < -0.3 is 5.32 Å². The van der Waals surface area contributed by atoms with Gasteiger partial charge in [0.05, 0.1) is 11.8 Å². The maximum atomic E-state index is 13.1. The van der Waals surface area contributed by atoms with Crippen LogP contribution < -0.4 is 5.32 Å². The zero-order valence-electron chi connectivity index (χ0n) is 15.1. The number of fused-ring (bicyclic) bond motifs is 1. The van der Waals surface area contributed by atoms with E-state index in [1.54, 1.807) is 0 Å². The van der Waals surface area contributed by atoms with Crippen LogP contribution in [-0.2, 0) is 14.4 Å². The van der Waals surface area contributed by atoms with E-state index in [9.17, 15) is 14.4 Å². The average molecular weight is 352 g/mol. The van der Waals surface area contributed by atoms with E-state index < -0.39 is 6.04 Å². The third kappa shape index (κ3) is 2.49. The summed E-state index contributed by atoms with van der Waals surface area (Å²) in [7, 11) is 0. The van der Waals surface area contributed by atoms with Crippen molar-refractivity contribution in [3.8, 4) is 0 Å². The maximum absolute atomic E-state index is 13.1. The Kier molecular flexibility index (Phi) is 4.17. The van der Waals surface area contributed by atoms with Gasteiger partial charge in [0.25, 0.3) is 0 Å². The second-order valence-corrected chi connectivity index (χ2v) is 7.62. The normalized spacial score (nSPS) is 30.5. The molecule has 2 fully saturated rings. The molecule has 5 rings (SSSR count). The molecular weight excluding hydrogens is 328 g/mol. The Bertz CT molecular complexity index is 768. The molecule has 1 saturated carbocycles. The molecule has 1 aromatic carbocycles. The first-order valence-corrected chi connectivity index (χ1v) is 9.44. The Balaban J connectivity index is 1.59. The molecule has 4 aliphatic rings. The predicted octanol–water partition coefficient (Wildman–Crippen LogP) is 2.91. The van der Waals surface area contributed by atoms with Crippen LogP contribution in [-0.4, -0.2) is 28.7 Å². The molecule has 0 spiro atoms. The summed E-state index contributed by atoms with van der Waals surface area (Å²) in [5.41, 5.74) is 1.67. The van der Waals surface area contributed by atoms with Crippen molar-refractivity contribution in [3.63, 3.8) is 0 Å². The zero-order chi connectivity index (χ0) is 18.4. The first-order chi connectivity index (χ1) is 12.5. The van der Waals surface area contributed by atoms with E-state index in [2.05, 4.69) is 17.5 Å². The molecule has 3 amide bonds. The Morgan fingerprint density at radius 3 is 2.19 bits per heavy atom. The largest absolute Gasteiger partial charge is 0.324 e. The lowest BCUT2D eigenvalue weighted by Gasteiger charge is -2.38. The number of nitrogens with zero attached hydrogens (tertiary/aromatic N) is 1. The predicted molar refractivity (Wildman–Crippen MR) is 98.1 cm³/mol. The quantitative estimate of drug-likeness (QED) is 0.669. The number of anilines is 1. The van der Waals surface area contributed by atoms with E-state index in [1.165, 1.54) is 4.90 Å². The van der Waals surface area contributed by atoms with Crippen molar-refractivity contribution < 1.29 is 14.4 Å². The number of carbonyl (C=O) groups is 3. The Morgan fingerprint density at radius 2 is 1.69 bits per heavy atom. The number of hydrogen-bond acceptors (Lipinski definition) is 3. The monoisotopic (exact) mass is 352 g/mol. The fraction of sp³-hybridized carbons (Fsp3) is 0.476. The fourth-order valence-electron chi connectivity index (χ4n) is 4.82. The Labute approximate surface area is 153 Å². The summed E-state index contributed by atoms with van der Waals surface area (Å²) < 4.78 is 0. The van der Waals surface area contributed by atoms with Crippen LogP contribution in [0.2, 0.25) is 0 Å². The molecule has 0 radical (unpaired) electrons. The van der Waals surface area contributed by atoms with Crippen molar-refractivity contribution in [2.75, 3.05) is 5.32 Å². The zero-order valence-corrected chi connectivity index (χ0v) is 15.1. The van der Waals surface area contributed by atoms with E-state index in [0.717, 1.165) is 18.4 Å². The minimum absolute atomic E-state index is 0.142. The van der Waals surface area contributed by atoms with E-state index in [1.807, 2.05) is 38.1 Å². The molecule has 136 valence electrons. The molecule has 5 heteroatoms. The first kappa shape index (κ1) is 17.0. The highest BCUT2D eigenvalue weighted by Gasteiger charge is 2.58. The van der Waals surface area contributed by atoms with Crippen molar-refractivity contribution in [1.29, 1.82) is 0 Å². The highest BCUT2D eigenvalue weighted by Crippen LogP contribution is 2.50. The molecule has 1 aromatic rings. The van der Waals surface area contributed by atoms with Gasteiger partial charge in [0.2, 0.25) is 17.7 Å². The van der Waals surface area contributed by atoms with Crippen LogP contribution in [0.1, 0.15) is 31.7 Å². The number of carbonyl (C=O) groups excluding carboxylic acids is 3. The van der Waals surface area contributed by atoms with E-state index in [-0.39, 0.29) is 41.4 Å². The van der Waals surface area contributed by atoms with Gasteiger partial charge >= 0.3 is 0 Å². The van der Waals surface area contributed by atoms with Crippen LogP contribution in [0.3, 0.4) is 0 Å². The third-order valence-corrected chi connectivity index (χ3v) is 6.20. The molecule has 1 heterocycles. The number of para-hydroxylation sites is 1. The van der Waals surface area contributed by atoms with Gasteiger partial charge in [-0.25, -0.2) is 0 Å². The summed E-state index contributed by atoms with van der Waals surface area (Å²) in [5, 5.41) is 2.90. The second kappa shape index (κ2) is 6.38. The number of likely N-dealkylation sites (tertiary alicyclic amines) is 1.